The number of hydrogen-bond donors (Lipinski definition) is 0. The molecule has 1 spiro atoms. The van der Waals surface area contributed by atoms with Crippen LogP contribution in [0.15, 0.2) is 51.7 Å². The lowest BCUT2D eigenvalue weighted by Gasteiger charge is -2.35. The lowest BCUT2D eigenvalue weighted by atomic mass is 9.83. The van der Waals surface area contributed by atoms with Crippen LogP contribution in [0.3, 0.4) is 0 Å². The van der Waals surface area contributed by atoms with Crippen LogP contribution in [0.25, 0.3) is 11.0 Å². The maximum atomic E-state index is 14.0. The second-order valence-electron chi connectivity index (χ2n) is 8.36. The zero-order chi connectivity index (χ0) is 22.1. The Bertz CT molecular complexity index is 1330. The first-order valence-corrected chi connectivity index (χ1v) is 10.3. The molecule has 1 atom stereocenters. The average Bonchev–Trinajstić information content (AvgIpc) is 3.13. The number of nitrogens with zero attached hydrogens (tertiary/aromatic N) is 2. The first-order valence-electron chi connectivity index (χ1n) is 10.3. The molecule has 0 radical (unpaired) electrons. The predicted octanol–water partition coefficient (Wildman–Crippen LogP) is 3.65. The van der Waals surface area contributed by atoms with Crippen molar-refractivity contribution in [2.75, 3.05) is 18.0 Å². The lowest BCUT2D eigenvalue weighted by Crippen LogP contribution is -2.54. The van der Waals surface area contributed by atoms with E-state index in [4.69, 9.17) is 4.42 Å². The number of fused-ring (bicyclic) bond motifs is 5. The van der Waals surface area contributed by atoms with Crippen molar-refractivity contribution in [1.29, 1.82) is 0 Å². The number of hydrogen-bond acceptors (Lipinski definition) is 4. The summed E-state index contributed by atoms with van der Waals surface area (Å²) in [5.74, 6) is -1.58. The highest BCUT2D eigenvalue weighted by molar-refractivity contribution is 6.17. The van der Waals surface area contributed by atoms with Crippen molar-refractivity contribution in [2.45, 2.75) is 26.3 Å². The molecule has 1 aromatic heterocycles. The first kappa shape index (κ1) is 19.5. The highest BCUT2D eigenvalue weighted by atomic mass is 19.1. The molecule has 0 N–H and O–H groups in total. The molecule has 3 aromatic rings. The van der Waals surface area contributed by atoms with E-state index in [0.29, 0.717) is 17.8 Å². The van der Waals surface area contributed by atoms with Crippen LogP contribution in [0, 0.1) is 11.7 Å². The number of carbonyl (C=O) groups is 2. The van der Waals surface area contributed by atoms with Crippen molar-refractivity contribution in [2.24, 2.45) is 5.92 Å². The standard InChI is InChI=1S/C24H21FN2O4/c1-4-26-17-8-6-5-7-16(17)24(23(26)30)19-20(28)15-11-14(25)9-10-18(15)31-21(19)22(29)27(24)12-13(2)3/h5-11,13H,4,12H2,1-3H3. The maximum absolute atomic E-state index is 14.0. The minimum Gasteiger partial charge on any atom is -0.450 e. The fourth-order valence-electron chi connectivity index (χ4n) is 4.89. The molecule has 6 nitrogen and oxygen atoms in total. The number of para-hydroxylation sites is 1. The number of carbonyl (C=O) groups excluding carboxylic acids is 2. The number of rotatable bonds is 3. The first-order chi connectivity index (χ1) is 14.8. The Labute approximate surface area is 177 Å². The molecule has 0 saturated carbocycles. The van der Waals surface area contributed by atoms with Crippen molar-refractivity contribution in [1.82, 2.24) is 4.90 Å². The van der Waals surface area contributed by atoms with Gasteiger partial charge in [-0.3, -0.25) is 14.4 Å². The van der Waals surface area contributed by atoms with Gasteiger partial charge in [-0.2, -0.15) is 0 Å². The van der Waals surface area contributed by atoms with Gasteiger partial charge in [0.15, 0.2) is 11.0 Å². The van der Waals surface area contributed by atoms with Gasteiger partial charge in [0.2, 0.25) is 5.76 Å². The Morgan fingerprint density at radius 3 is 2.55 bits per heavy atom. The van der Waals surface area contributed by atoms with E-state index in [1.54, 1.807) is 17.0 Å². The minimum atomic E-state index is -1.62. The third-order valence-corrected chi connectivity index (χ3v) is 6.06. The maximum Gasteiger partial charge on any atom is 0.291 e. The second kappa shape index (κ2) is 6.51. The molecule has 5 rings (SSSR count). The van der Waals surface area contributed by atoms with Gasteiger partial charge in [0.05, 0.1) is 16.6 Å². The number of likely N-dealkylation sites (N-methyl/N-ethyl adjacent to an activating group) is 1. The van der Waals surface area contributed by atoms with Crippen molar-refractivity contribution in [3.63, 3.8) is 0 Å². The van der Waals surface area contributed by atoms with Crippen LogP contribution in [-0.4, -0.2) is 29.8 Å². The zero-order valence-electron chi connectivity index (χ0n) is 17.4. The molecule has 0 saturated heterocycles. The summed E-state index contributed by atoms with van der Waals surface area (Å²) in [7, 11) is 0. The SMILES string of the molecule is CCN1C(=O)C2(c3ccccc31)c1c(oc3ccc(F)cc3c1=O)C(=O)N2CC(C)C. The summed E-state index contributed by atoms with van der Waals surface area (Å²) in [6.45, 7) is 6.35. The van der Waals surface area contributed by atoms with Gasteiger partial charge < -0.3 is 14.2 Å². The Morgan fingerprint density at radius 1 is 1.10 bits per heavy atom. The summed E-state index contributed by atoms with van der Waals surface area (Å²) < 4.78 is 19.8. The summed E-state index contributed by atoms with van der Waals surface area (Å²) in [6.07, 6.45) is 0. The van der Waals surface area contributed by atoms with Gasteiger partial charge in [-0.1, -0.05) is 32.0 Å². The zero-order valence-corrected chi connectivity index (χ0v) is 17.4. The molecule has 2 aromatic carbocycles. The average molecular weight is 420 g/mol. The molecular weight excluding hydrogens is 399 g/mol. The van der Waals surface area contributed by atoms with E-state index in [9.17, 15) is 18.8 Å². The fraction of sp³-hybridized carbons (Fsp3) is 0.292. The van der Waals surface area contributed by atoms with E-state index in [-0.39, 0.29) is 40.7 Å². The van der Waals surface area contributed by atoms with E-state index >= 15 is 0 Å². The van der Waals surface area contributed by atoms with Crippen molar-refractivity contribution < 1.29 is 18.4 Å². The van der Waals surface area contributed by atoms with Crippen LogP contribution in [0.4, 0.5) is 10.1 Å². The number of halogens is 1. The van der Waals surface area contributed by atoms with E-state index in [2.05, 4.69) is 0 Å². The normalized spacial score (nSPS) is 19.8. The van der Waals surface area contributed by atoms with E-state index in [1.807, 2.05) is 32.9 Å². The molecule has 2 aliphatic rings. The van der Waals surface area contributed by atoms with Crippen molar-refractivity contribution in [3.8, 4) is 0 Å². The number of benzene rings is 2. The molecular formula is C24H21FN2O4. The van der Waals surface area contributed by atoms with Gasteiger partial charge in [-0.15, -0.1) is 0 Å². The molecule has 0 aliphatic carbocycles. The Kier molecular flexibility index (Phi) is 4.09. The highest BCUT2D eigenvalue weighted by Crippen LogP contribution is 2.52. The van der Waals surface area contributed by atoms with Crippen LogP contribution in [0.2, 0.25) is 0 Å². The molecule has 3 heterocycles. The molecule has 0 bridgehead atoms. The smallest absolute Gasteiger partial charge is 0.291 e. The third-order valence-electron chi connectivity index (χ3n) is 6.06. The van der Waals surface area contributed by atoms with Crippen LogP contribution in [0.5, 0.6) is 0 Å². The fourth-order valence-corrected chi connectivity index (χ4v) is 4.89. The lowest BCUT2D eigenvalue weighted by molar-refractivity contribution is -0.126. The Hall–Kier alpha value is -3.48. The van der Waals surface area contributed by atoms with Crippen LogP contribution < -0.4 is 10.3 Å². The summed E-state index contributed by atoms with van der Waals surface area (Å²) in [5, 5.41) is 0.0116. The topological polar surface area (TPSA) is 70.8 Å². The summed E-state index contributed by atoms with van der Waals surface area (Å²) in [6, 6.07) is 10.8. The molecule has 2 amide bonds. The summed E-state index contributed by atoms with van der Waals surface area (Å²) in [5.41, 5.74) is -0.863. The molecule has 158 valence electrons. The summed E-state index contributed by atoms with van der Waals surface area (Å²) in [4.78, 5) is 44.2. The van der Waals surface area contributed by atoms with Crippen molar-refractivity contribution >= 4 is 28.5 Å². The van der Waals surface area contributed by atoms with Gasteiger partial charge >= 0.3 is 0 Å². The van der Waals surface area contributed by atoms with E-state index in [0.717, 1.165) is 6.07 Å². The van der Waals surface area contributed by atoms with Gasteiger partial charge in [-0.05, 0) is 37.1 Å². The Morgan fingerprint density at radius 2 is 1.84 bits per heavy atom. The summed E-state index contributed by atoms with van der Waals surface area (Å²) >= 11 is 0. The minimum absolute atomic E-state index is 0.0116. The number of amides is 2. The van der Waals surface area contributed by atoms with Gasteiger partial charge in [0.1, 0.15) is 11.4 Å². The van der Waals surface area contributed by atoms with Gasteiger partial charge in [-0.25, -0.2) is 4.39 Å². The van der Waals surface area contributed by atoms with Crippen LogP contribution >= 0.6 is 0 Å². The molecule has 31 heavy (non-hydrogen) atoms. The van der Waals surface area contributed by atoms with E-state index in [1.165, 1.54) is 17.0 Å². The van der Waals surface area contributed by atoms with Crippen LogP contribution in [-0.2, 0) is 10.3 Å². The molecule has 1 unspecified atom stereocenters. The number of anilines is 1. The van der Waals surface area contributed by atoms with Gasteiger partial charge in [0, 0.05) is 18.7 Å². The van der Waals surface area contributed by atoms with E-state index < -0.39 is 22.7 Å². The van der Waals surface area contributed by atoms with Crippen molar-refractivity contribution in [3.05, 3.63) is 75.4 Å². The highest BCUT2D eigenvalue weighted by Gasteiger charge is 2.64. The molecule has 2 aliphatic heterocycles. The second-order valence-corrected chi connectivity index (χ2v) is 8.36. The van der Waals surface area contributed by atoms with Crippen LogP contribution in [0.1, 0.15) is 42.5 Å². The predicted molar refractivity (Wildman–Crippen MR) is 114 cm³/mol. The third kappa shape index (κ3) is 2.34. The molecule has 0 fully saturated rings. The largest absolute Gasteiger partial charge is 0.450 e. The molecule has 7 heteroatoms. The Balaban J connectivity index is 1.95. The quantitative estimate of drug-likeness (QED) is 0.649. The monoisotopic (exact) mass is 420 g/mol. The van der Waals surface area contributed by atoms with Gasteiger partial charge in [0.25, 0.3) is 11.8 Å².